The van der Waals surface area contributed by atoms with E-state index in [1.807, 2.05) is 20.8 Å². The largest absolute Gasteiger partial charge is 0.465 e. The first kappa shape index (κ1) is 20.2. The lowest BCUT2D eigenvalue weighted by Gasteiger charge is -2.55. The van der Waals surface area contributed by atoms with Crippen LogP contribution in [0.5, 0.6) is 0 Å². The zero-order valence-electron chi connectivity index (χ0n) is 16.2. The van der Waals surface area contributed by atoms with E-state index in [9.17, 15) is 14.3 Å². The fourth-order valence-corrected chi connectivity index (χ4v) is 6.00. The topological polar surface area (TPSA) is 87.8 Å². The normalized spacial score (nSPS) is 31.2. The van der Waals surface area contributed by atoms with Crippen LogP contribution in [0.3, 0.4) is 0 Å². The van der Waals surface area contributed by atoms with Crippen molar-refractivity contribution in [1.82, 2.24) is 10.2 Å². The van der Waals surface area contributed by atoms with Gasteiger partial charge < -0.3 is 15.6 Å². The molecule has 1 unspecified atom stereocenters. The first-order valence-electron chi connectivity index (χ1n) is 9.11. The van der Waals surface area contributed by atoms with Crippen molar-refractivity contribution >= 4 is 23.5 Å². The van der Waals surface area contributed by atoms with Crippen molar-refractivity contribution in [3.63, 3.8) is 0 Å². The summed E-state index contributed by atoms with van der Waals surface area (Å²) in [6.07, 6.45) is -1.01. The number of hydrogen-bond donors (Lipinski definition) is 3. The van der Waals surface area contributed by atoms with E-state index in [-0.39, 0.29) is 24.3 Å². The number of carbonyl (C=O) groups is 1. The molecule has 0 radical (unpaired) electrons. The Morgan fingerprint density at radius 2 is 2.19 bits per heavy atom. The summed E-state index contributed by atoms with van der Waals surface area (Å²) in [6.45, 7) is 8.52. The number of nitrogens with one attached hydrogen (secondary N) is 1. The number of ether oxygens (including phenoxy) is 1. The minimum atomic E-state index is -1.01. The van der Waals surface area contributed by atoms with Gasteiger partial charge in [-0.1, -0.05) is 6.92 Å². The van der Waals surface area contributed by atoms with Crippen LogP contribution in [-0.2, 0) is 10.3 Å². The van der Waals surface area contributed by atoms with E-state index in [4.69, 9.17) is 10.5 Å². The fourth-order valence-electron chi connectivity index (χ4n) is 4.14. The Bertz CT molecular complexity index is 727. The number of thioether (sulfide) groups is 1. The molecule has 0 bridgehead atoms. The third-order valence-electron chi connectivity index (χ3n) is 5.48. The highest BCUT2D eigenvalue weighted by Gasteiger charge is 2.53. The Morgan fingerprint density at radius 3 is 2.81 bits per heavy atom. The van der Waals surface area contributed by atoms with E-state index >= 15 is 0 Å². The summed E-state index contributed by atoms with van der Waals surface area (Å²) >= 11 is 1.54. The molecular formula is C19H28FN3O3S. The van der Waals surface area contributed by atoms with Crippen LogP contribution in [0, 0.1) is 17.7 Å². The van der Waals surface area contributed by atoms with Crippen LogP contribution in [0.15, 0.2) is 18.2 Å². The number of carboxylic acid groups (broad SMARTS) is 1. The number of fused-ring (bicyclic) bond motifs is 1. The van der Waals surface area contributed by atoms with Gasteiger partial charge in [-0.25, -0.2) is 9.18 Å². The van der Waals surface area contributed by atoms with Gasteiger partial charge in [-0.3, -0.25) is 10.2 Å². The SMILES string of the molecule is C[C@@H]1COC[C@]2(c3cc(N)ccc3F)NC(N(C(=O)O)C(C)(C)C)SC[C@H]12. The molecule has 6 nitrogen and oxygen atoms in total. The average Bonchev–Trinajstić information content (AvgIpc) is 2.55. The van der Waals surface area contributed by atoms with Crippen molar-refractivity contribution < 1.29 is 19.0 Å². The predicted octanol–water partition coefficient (Wildman–Crippen LogP) is 3.28. The van der Waals surface area contributed by atoms with E-state index in [1.165, 1.54) is 17.0 Å². The minimum Gasteiger partial charge on any atom is -0.465 e. The summed E-state index contributed by atoms with van der Waals surface area (Å²) in [5.74, 6) is 0.645. The Morgan fingerprint density at radius 1 is 1.48 bits per heavy atom. The summed E-state index contributed by atoms with van der Waals surface area (Å²) in [4.78, 5) is 13.4. The molecular weight excluding hydrogens is 369 g/mol. The second-order valence-corrected chi connectivity index (χ2v) is 9.58. The number of anilines is 1. The second-order valence-electron chi connectivity index (χ2n) is 8.46. The Balaban J connectivity index is 2.08. The molecule has 4 atom stereocenters. The van der Waals surface area contributed by atoms with E-state index < -0.39 is 22.7 Å². The number of benzene rings is 1. The first-order valence-corrected chi connectivity index (χ1v) is 10.2. The maximum atomic E-state index is 14.9. The van der Waals surface area contributed by atoms with Gasteiger partial charge in [-0.05, 0) is 50.8 Å². The molecule has 2 aliphatic rings. The van der Waals surface area contributed by atoms with E-state index in [2.05, 4.69) is 12.2 Å². The van der Waals surface area contributed by atoms with Gasteiger partial charge in [0.05, 0.1) is 12.1 Å². The zero-order chi connectivity index (χ0) is 20.0. The molecule has 1 amide bonds. The molecule has 2 heterocycles. The number of rotatable bonds is 2. The van der Waals surface area contributed by atoms with Gasteiger partial charge in [-0.15, -0.1) is 11.8 Å². The standard InChI is InChI=1S/C19H28FN3O3S/c1-11-8-26-10-19(13-7-12(21)5-6-15(13)20)14(11)9-27-16(22-19)23(17(24)25)18(2,3)4/h5-7,11,14,16,22H,8-10,21H2,1-4H3,(H,24,25)/t11-,14-,16?,19-/m1/s1. The highest BCUT2D eigenvalue weighted by molar-refractivity contribution is 7.99. The molecule has 1 aromatic rings. The summed E-state index contributed by atoms with van der Waals surface area (Å²) in [7, 11) is 0. The molecule has 0 saturated carbocycles. The van der Waals surface area contributed by atoms with Crippen LogP contribution in [0.4, 0.5) is 14.9 Å². The van der Waals surface area contributed by atoms with Crippen LogP contribution in [0.2, 0.25) is 0 Å². The van der Waals surface area contributed by atoms with Crippen molar-refractivity contribution in [2.24, 2.45) is 11.8 Å². The smallest absolute Gasteiger partial charge is 0.409 e. The summed E-state index contributed by atoms with van der Waals surface area (Å²) in [5, 5.41) is 13.3. The monoisotopic (exact) mass is 397 g/mol. The number of nitrogens with two attached hydrogens (primary N) is 1. The number of nitrogen functional groups attached to an aromatic ring is 1. The third kappa shape index (κ3) is 3.62. The lowest BCUT2D eigenvalue weighted by Crippen LogP contribution is -2.68. The van der Waals surface area contributed by atoms with Gasteiger partial charge >= 0.3 is 6.09 Å². The molecule has 0 aliphatic carbocycles. The lowest BCUT2D eigenvalue weighted by atomic mass is 9.71. The number of nitrogens with zero attached hydrogens (tertiary/aromatic N) is 1. The molecule has 3 rings (SSSR count). The molecule has 1 aromatic carbocycles. The van der Waals surface area contributed by atoms with Gasteiger partial charge in [-0.2, -0.15) is 0 Å². The van der Waals surface area contributed by atoms with E-state index in [0.717, 1.165) is 0 Å². The second kappa shape index (κ2) is 7.14. The predicted molar refractivity (Wildman–Crippen MR) is 105 cm³/mol. The van der Waals surface area contributed by atoms with Gasteiger partial charge in [0, 0.05) is 29.1 Å². The summed E-state index contributed by atoms with van der Waals surface area (Å²) < 4.78 is 20.7. The molecule has 8 heteroatoms. The number of hydrogen-bond acceptors (Lipinski definition) is 5. The Kier molecular flexibility index (Phi) is 5.35. The van der Waals surface area contributed by atoms with E-state index in [0.29, 0.717) is 23.6 Å². The molecule has 0 spiro atoms. The molecule has 2 fully saturated rings. The highest BCUT2D eigenvalue weighted by Crippen LogP contribution is 2.47. The Labute approximate surface area is 163 Å². The number of halogens is 1. The van der Waals surface area contributed by atoms with Crippen molar-refractivity contribution in [2.75, 3.05) is 24.7 Å². The van der Waals surface area contributed by atoms with Gasteiger partial charge in [0.2, 0.25) is 0 Å². The fraction of sp³-hybridized carbons (Fsp3) is 0.632. The molecule has 4 N–H and O–H groups in total. The molecule has 150 valence electrons. The van der Waals surface area contributed by atoms with Gasteiger partial charge in [0.25, 0.3) is 0 Å². The molecule has 2 saturated heterocycles. The van der Waals surface area contributed by atoms with Crippen molar-refractivity contribution in [1.29, 1.82) is 0 Å². The van der Waals surface area contributed by atoms with Crippen LogP contribution in [0.1, 0.15) is 33.3 Å². The Hall–Kier alpha value is -1.51. The summed E-state index contributed by atoms with van der Waals surface area (Å²) in [6, 6.07) is 4.55. The quantitative estimate of drug-likeness (QED) is 0.664. The minimum absolute atomic E-state index is 0.0967. The maximum absolute atomic E-state index is 14.9. The maximum Gasteiger partial charge on any atom is 0.409 e. The summed E-state index contributed by atoms with van der Waals surface area (Å²) in [5.41, 5.74) is 4.92. The van der Waals surface area contributed by atoms with Crippen LogP contribution in [-0.4, -0.2) is 46.1 Å². The average molecular weight is 398 g/mol. The molecule has 2 aliphatic heterocycles. The molecule has 0 aromatic heterocycles. The van der Waals surface area contributed by atoms with Gasteiger partial charge in [0.1, 0.15) is 11.3 Å². The van der Waals surface area contributed by atoms with Crippen molar-refractivity contribution in [3.05, 3.63) is 29.6 Å². The van der Waals surface area contributed by atoms with E-state index in [1.54, 1.807) is 17.8 Å². The third-order valence-corrected chi connectivity index (χ3v) is 6.68. The van der Waals surface area contributed by atoms with Gasteiger partial charge in [0.15, 0.2) is 0 Å². The first-order chi connectivity index (χ1) is 12.6. The van der Waals surface area contributed by atoms with Crippen LogP contribution >= 0.6 is 11.8 Å². The van der Waals surface area contributed by atoms with Crippen LogP contribution in [0.25, 0.3) is 0 Å². The van der Waals surface area contributed by atoms with Crippen molar-refractivity contribution in [2.45, 2.75) is 44.3 Å². The number of amides is 1. The molecule has 27 heavy (non-hydrogen) atoms. The van der Waals surface area contributed by atoms with Crippen molar-refractivity contribution in [3.8, 4) is 0 Å². The lowest BCUT2D eigenvalue weighted by molar-refractivity contribution is -0.0671. The van der Waals surface area contributed by atoms with Crippen LogP contribution < -0.4 is 11.1 Å². The highest BCUT2D eigenvalue weighted by atomic mass is 32.2. The zero-order valence-corrected chi connectivity index (χ0v) is 17.0.